The lowest BCUT2D eigenvalue weighted by molar-refractivity contribution is -0.461. The molecule has 0 fully saturated rings. The van der Waals surface area contributed by atoms with Gasteiger partial charge in [0.15, 0.2) is 5.71 Å². The van der Waals surface area contributed by atoms with Crippen LogP contribution in [0.1, 0.15) is 6.42 Å². The highest BCUT2D eigenvalue weighted by Gasteiger charge is 2.95. The second kappa shape index (κ2) is 11.7. The van der Waals surface area contributed by atoms with Gasteiger partial charge >= 0.3 is 53.6 Å². The number of esters is 1. The lowest BCUT2D eigenvalue weighted by atomic mass is 9.88. The summed E-state index contributed by atoms with van der Waals surface area (Å²) in [6.45, 7) is -2.39. The summed E-state index contributed by atoms with van der Waals surface area (Å²) in [5, 5.41) is 0. The van der Waals surface area contributed by atoms with E-state index in [1.165, 1.54) is 7.11 Å². The summed E-state index contributed by atoms with van der Waals surface area (Å²) < 4.78 is 260. The largest absolute Gasteiger partial charge is 0.497 e. The summed E-state index contributed by atoms with van der Waals surface area (Å²) in [7, 11) is 1.17. The van der Waals surface area contributed by atoms with Crippen molar-refractivity contribution < 1.29 is 97.7 Å². The first-order valence-corrected chi connectivity index (χ1v) is 10.4. The van der Waals surface area contributed by atoms with Crippen LogP contribution in [0.2, 0.25) is 0 Å². The van der Waals surface area contributed by atoms with Gasteiger partial charge in [0.25, 0.3) is 6.43 Å². The minimum Gasteiger partial charge on any atom is -0.497 e. The van der Waals surface area contributed by atoms with Crippen molar-refractivity contribution in [2.24, 2.45) is 4.99 Å². The summed E-state index contributed by atoms with van der Waals surface area (Å²) in [5.74, 6) is -60.2. The van der Waals surface area contributed by atoms with E-state index in [4.69, 9.17) is 4.74 Å². The number of carbonyl (C=O) groups excluding carboxylic acids is 1. The van der Waals surface area contributed by atoms with Crippen molar-refractivity contribution in [2.45, 2.75) is 60.5 Å². The Morgan fingerprint density at radius 2 is 1.07 bits per heavy atom. The number of alkyl halides is 19. The SMILES string of the molecule is COc1ccc(N=C(C(=O)OCCC(F)(F)C(F)(F)C(F)(F)C(F)(F)C(F)(F)C(F)(F)C(F)(F)C(F)(F)F)C(F)F)cc1. The van der Waals surface area contributed by atoms with Crippen LogP contribution in [0, 0.1) is 0 Å². The minimum absolute atomic E-state index is 0.126. The van der Waals surface area contributed by atoms with Gasteiger partial charge in [0, 0.05) is 0 Å². The molecule has 1 rings (SSSR count). The van der Waals surface area contributed by atoms with Crippen LogP contribution in [0.4, 0.5) is 89.1 Å². The molecule has 0 aliphatic carbocycles. The van der Waals surface area contributed by atoms with Gasteiger partial charge in [-0.25, -0.2) is 18.6 Å². The summed E-state index contributed by atoms with van der Waals surface area (Å²) in [6, 6.07) is 4.04. The van der Waals surface area contributed by atoms with Crippen LogP contribution in [0.25, 0.3) is 0 Å². The van der Waals surface area contributed by atoms with Crippen molar-refractivity contribution in [3.63, 3.8) is 0 Å². The van der Waals surface area contributed by atoms with Crippen molar-refractivity contribution in [1.29, 1.82) is 0 Å². The van der Waals surface area contributed by atoms with Gasteiger partial charge in [-0.1, -0.05) is 0 Å². The number of methoxy groups -OCH3 is 1. The monoisotopic (exact) mass is 675 g/mol. The Labute approximate surface area is 225 Å². The van der Waals surface area contributed by atoms with Crippen LogP contribution in [0.15, 0.2) is 29.3 Å². The van der Waals surface area contributed by atoms with Crippen LogP contribution in [0.5, 0.6) is 5.75 Å². The molecule has 43 heavy (non-hydrogen) atoms. The fourth-order valence-corrected chi connectivity index (χ4v) is 2.68. The molecule has 0 saturated heterocycles. The molecule has 1 aromatic carbocycles. The molecular weight excluding hydrogens is 663 g/mol. The predicted molar refractivity (Wildman–Crippen MR) is 102 cm³/mol. The van der Waals surface area contributed by atoms with Crippen LogP contribution >= 0.6 is 0 Å². The van der Waals surface area contributed by atoms with E-state index in [0.29, 0.717) is 0 Å². The van der Waals surface area contributed by atoms with Crippen LogP contribution in [-0.2, 0) is 9.53 Å². The van der Waals surface area contributed by atoms with Crippen molar-refractivity contribution in [1.82, 2.24) is 0 Å². The number of ether oxygens (including phenoxy) is 2. The first-order chi connectivity index (χ1) is 19.0. The molecule has 0 aliphatic heterocycles. The molecule has 0 aromatic heterocycles. The first-order valence-electron chi connectivity index (χ1n) is 10.4. The maximum Gasteiger partial charge on any atom is 0.460 e. The molecule has 248 valence electrons. The third-order valence-electron chi connectivity index (χ3n) is 5.17. The fourth-order valence-electron chi connectivity index (χ4n) is 2.68. The van der Waals surface area contributed by atoms with Gasteiger partial charge in [-0.2, -0.15) is 74.6 Å². The van der Waals surface area contributed by atoms with Gasteiger partial charge in [-0.3, -0.25) is 0 Å². The highest BCUT2D eigenvalue weighted by Crippen LogP contribution is 2.64. The lowest BCUT2D eigenvalue weighted by Crippen LogP contribution is -2.74. The van der Waals surface area contributed by atoms with E-state index in [-0.39, 0.29) is 5.75 Å². The average molecular weight is 675 g/mol. The summed E-state index contributed by atoms with van der Waals surface area (Å²) >= 11 is 0. The quantitative estimate of drug-likeness (QED) is 0.121. The van der Waals surface area contributed by atoms with Crippen molar-refractivity contribution in [3.8, 4) is 5.75 Å². The first kappa shape index (κ1) is 37.9. The Morgan fingerprint density at radius 1 is 0.674 bits per heavy atom. The highest BCUT2D eigenvalue weighted by molar-refractivity contribution is 6.38. The molecule has 23 heteroatoms. The second-order valence-electron chi connectivity index (χ2n) is 8.03. The minimum atomic E-state index is -8.79. The molecule has 0 heterocycles. The Bertz CT molecular complexity index is 1160. The molecule has 0 unspecified atom stereocenters. The van der Waals surface area contributed by atoms with E-state index < -0.39 is 84.5 Å². The number of nitrogens with zero attached hydrogens (tertiary/aromatic N) is 1. The highest BCUT2D eigenvalue weighted by atomic mass is 19.4. The van der Waals surface area contributed by atoms with E-state index in [9.17, 15) is 88.2 Å². The summed E-state index contributed by atoms with van der Waals surface area (Å²) in [5.41, 5.74) is -2.41. The van der Waals surface area contributed by atoms with Crippen molar-refractivity contribution >= 4 is 17.4 Å². The molecule has 0 N–H and O–H groups in total. The predicted octanol–water partition coefficient (Wildman–Crippen LogP) is 7.98. The van der Waals surface area contributed by atoms with Crippen LogP contribution < -0.4 is 4.74 Å². The second-order valence-corrected chi connectivity index (χ2v) is 8.03. The Morgan fingerprint density at radius 3 is 1.44 bits per heavy atom. The number of rotatable bonds is 13. The normalized spacial score (nSPS) is 15.1. The van der Waals surface area contributed by atoms with Crippen LogP contribution in [-0.4, -0.2) is 79.5 Å². The summed E-state index contributed by atoms with van der Waals surface area (Å²) in [4.78, 5) is 14.8. The fraction of sp³-hybridized carbons (Fsp3) is 0.600. The maximum atomic E-state index is 13.9. The van der Waals surface area contributed by atoms with E-state index in [1.807, 2.05) is 0 Å². The van der Waals surface area contributed by atoms with E-state index in [0.717, 1.165) is 24.3 Å². The Hall–Kier alpha value is -3.17. The molecule has 0 saturated carbocycles. The molecule has 1 aromatic rings. The number of halogens is 19. The molecule has 0 spiro atoms. The molecule has 0 aliphatic rings. The third-order valence-corrected chi connectivity index (χ3v) is 5.17. The third kappa shape index (κ3) is 6.38. The standard InChI is InChI=1S/C20H12F19NO3/c1-42-9-4-2-8(3-5-9)40-10(11(21)22)12(41)43-7-6-13(23,24)14(25,26)15(27,28)16(29,30)17(31,32)18(33,34)19(35,36)20(37,38)39/h2-5,11H,6-7H2,1H3. The number of carbonyl (C=O) groups is 1. The van der Waals surface area contributed by atoms with Gasteiger partial charge in [-0.15, -0.1) is 0 Å². The molecule has 4 nitrogen and oxygen atoms in total. The Balaban J connectivity index is 3.29. The van der Waals surface area contributed by atoms with Crippen molar-refractivity contribution in [2.75, 3.05) is 13.7 Å². The average Bonchev–Trinajstić information content (AvgIpc) is 2.85. The van der Waals surface area contributed by atoms with E-state index in [2.05, 4.69) is 9.73 Å². The number of hydrogen-bond donors (Lipinski definition) is 0. The lowest BCUT2D eigenvalue weighted by Gasteiger charge is -2.42. The topological polar surface area (TPSA) is 47.9 Å². The van der Waals surface area contributed by atoms with Crippen molar-refractivity contribution in [3.05, 3.63) is 24.3 Å². The zero-order chi connectivity index (χ0) is 34.3. The smallest absolute Gasteiger partial charge is 0.460 e. The van der Waals surface area contributed by atoms with Gasteiger partial charge in [0.2, 0.25) is 0 Å². The van der Waals surface area contributed by atoms with Crippen LogP contribution in [0.3, 0.4) is 0 Å². The number of aliphatic imine (C=N–C) groups is 1. The molecule has 0 atom stereocenters. The van der Waals surface area contributed by atoms with Gasteiger partial charge in [-0.05, 0) is 24.3 Å². The zero-order valence-electron chi connectivity index (χ0n) is 20.2. The number of hydrogen-bond acceptors (Lipinski definition) is 4. The Kier molecular flexibility index (Phi) is 10.3. The summed E-state index contributed by atoms with van der Waals surface area (Å²) in [6.07, 6.45) is -14.9. The van der Waals surface area contributed by atoms with Gasteiger partial charge in [0.1, 0.15) is 5.75 Å². The zero-order valence-corrected chi connectivity index (χ0v) is 20.2. The molecule has 0 amide bonds. The molecule has 0 radical (unpaired) electrons. The van der Waals surface area contributed by atoms with E-state index in [1.54, 1.807) is 0 Å². The van der Waals surface area contributed by atoms with Gasteiger partial charge in [0.05, 0.1) is 25.8 Å². The molecular formula is C20H12F19NO3. The maximum absolute atomic E-state index is 13.9. The van der Waals surface area contributed by atoms with Gasteiger partial charge < -0.3 is 9.47 Å². The number of benzene rings is 1. The molecule has 0 bridgehead atoms. The van der Waals surface area contributed by atoms with E-state index >= 15 is 0 Å².